The van der Waals surface area contributed by atoms with Crippen LogP contribution in [0, 0.1) is 0 Å². The second-order valence-electron chi connectivity index (χ2n) is 4.82. The summed E-state index contributed by atoms with van der Waals surface area (Å²) in [6.45, 7) is 1.11. The highest BCUT2D eigenvalue weighted by Crippen LogP contribution is 2.20. The Morgan fingerprint density at radius 3 is 2.77 bits per heavy atom. The molecule has 5 nitrogen and oxygen atoms in total. The maximum atomic E-state index is 12.1. The number of aliphatic hydroxyl groups is 1. The fourth-order valence-electron chi connectivity index (χ4n) is 2.06. The zero-order chi connectivity index (χ0) is 15.8. The van der Waals surface area contributed by atoms with Crippen molar-refractivity contribution in [3.63, 3.8) is 0 Å². The molecule has 1 aromatic heterocycles. The highest BCUT2D eigenvalue weighted by molar-refractivity contribution is 6.33. The van der Waals surface area contributed by atoms with E-state index in [2.05, 4.69) is 10.3 Å². The third kappa shape index (κ3) is 5.11. The fraction of sp³-hybridized carbons (Fsp3) is 0.250. The summed E-state index contributed by atoms with van der Waals surface area (Å²) in [6, 6.07) is 10.9. The second-order valence-corrected chi connectivity index (χ2v) is 5.23. The van der Waals surface area contributed by atoms with Gasteiger partial charge in [-0.05, 0) is 23.8 Å². The van der Waals surface area contributed by atoms with Crippen LogP contribution in [-0.2, 0) is 11.3 Å². The molecule has 0 aliphatic carbocycles. The normalized spacial score (nSPS) is 10.7. The average Bonchev–Trinajstić information content (AvgIpc) is 2.51. The largest absolute Gasteiger partial charge is 0.395 e. The number of carbonyl (C=O) groups is 1. The third-order valence-corrected chi connectivity index (χ3v) is 3.39. The van der Waals surface area contributed by atoms with Crippen LogP contribution in [0.1, 0.15) is 5.56 Å². The van der Waals surface area contributed by atoms with E-state index >= 15 is 0 Å². The number of para-hydroxylation sites is 1. The number of nitrogens with zero attached hydrogens (tertiary/aromatic N) is 2. The molecule has 116 valence electrons. The molecule has 1 aromatic carbocycles. The Labute approximate surface area is 134 Å². The zero-order valence-corrected chi connectivity index (χ0v) is 12.8. The second kappa shape index (κ2) is 8.48. The van der Waals surface area contributed by atoms with Crippen LogP contribution in [0.5, 0.6) is 0 Å². The number of halogens is 1. The third-order valence-electron chi connectivity index (χ3n) is 3.06. The molecule has 2 N–H and O–H groups in total. The minimum Gasteiger partial charge on any atom is -0.395 e. The first kappa shape index (κ1) is 16.4. The van der Waals surface area contributed by atoms with Crippen molar-refractivity contribution in [1.82, 2.24) is 9.88 Å². The summed E-state index contributed by atoms with van der Waals surface area (Å²) >= 11 is 6.02. The Bertz CT molecular complexity index is 607. The van der Waals surface area contributed by atoms with Crippen LogP contribution in [0.3, 0.4) is 0 Å². The first-order valence-electron chi connectivity index (χ1n) is 6.95. The molecule has 0 saturated carbocycles. The standard InChI is InChI=1S/C16H18ClN3O2/c17-14-5-1-2-6-15(14)19-16(22)12-20(8-9-21)11-13-4-3-7-18-10-13/h1-7,10,21H,8-9,11-12H2,(H,19,22). The van der Waals surface area contributed by atoms with Crippen molar-refractivity contribution in [2.24, 2.45) is 0 Å². The molecule has 0 bridgehead atoms. The molecule has 1 amide bonds. The molecule has 0 aliphatic heterocycles. The number of nitrogens with one attached hydrogen (secondary N) is 1. The number of amides is 1. The van der Waals surface area contributed by atoms with E-state index in [1.54, 1.807) is 30.6 Å². The van der Waals surface area contributed by atoms with Crippen LogP contribution in [0.25, 0.3) is 0 Å². The molecule has 0 spiro atoms. The van der Waals surface area contributed by atoms with Gasteiger partial charge in [0.25, 0.3) is 0 Å². The molecule has 0 radical (unpaired) electrons. The maximum Gasteiger partial charge on any atom is 0.238 e. The molecule has 0 atom stereocenters. The summed E-state index contributed by atoms with van der Waals surface area (Å²) in [6.07, 6.45) is 3.44. The van der Waals surface area contributed by atoms with Gasteiger partial charge in [0.2, 0.25) is 5.91 Å². The smallest absolute Gasteiger partial charge is 0.238 e. The lowest BCUT2D eigenvalue weighted by atomic mass is 10.2. The molecular weight excluding hydrogens is 302 g/mol. The number of pyridine rings is 1. The minimum atomic E-state index is -0.176. The average molecular weight is 320 g/mol. The quantitative estimate of drug-likeness (QED) is 0.821. The van der Waals surface area contributed by atoms with Crippen molar-refractivity contribution in [3.8, 4) is 0 Å². The Morgan fingerprint density at radius 1 is 1.27 bits per heavy atom. The van der Waals surface area contributed by atoms with Gasteiger partial charge in [0.1, 0.15) is 0 Å². The van der Waals surface area contributed by atoms with Gasteiger partial charge in [0.05, 0.1) is 23.9 Å². The van der Waals surface area contributed by atoms with E-state index in [1.807, 2.05) is 23.1 Å². The monoisotopic (exact) mass is 319 g/mol. The van der Waals surface area contributed by atoms with Gasteiger partial charge in [0.15, 0.2) is 0 Å². The Balaban J connectivity index is 1.95. The van der Waals surface area contributed by atoms with Crippen LogP contribution in [0.15, 0.2) is 48.8 Å². The molecule has 0 unspecified atom stereocenters. The van der Waals surface area contributed by atoms with Crippen molar-refractivity contribution >= 4 is 23.2 Å². The van der Waals surface area contributed by atoms with E-state index in [0.717, 1.165) is 5.56 Å². The summed E-state index contributed by atoms with van der Waals surface area (Å²) in [5, 5.41) is 12.4. The summed E-state index contributed by atoms with van der Waals surface area (Å²) in [5.74, 6) is -0.176. The van der Waals surface area contributed by atoms with E-state index in [4.69, 9.17) is 16.7 Å². The number of hydrogen-bond donors (Lipinski definition) is 2. The zero-order valence-electron chi connectivity index (χ0n) is 12.1. The van der Waals surface area contributed by atoms with Gasteiger partial charge in [-0.2, -0.15) is 0 Å². The number of aromatic nitrogens is 1. The van der Waals surface area contributed by atoms with Gasteiger partial charge < -0.3 is 10.4 Å². The molecule has 2 aromatic rings. The molecule has 2 rings (SSSR count). The fourth-order valence-corrected chi connectivity index (χ4v) is 2.24. The van der Waals surface area contributed by atoms with Crippen LogP contribution in [0.4, 0.5) is 5.69 Å². The number of carbonyl (C=O) groups excluding carboxylic acids is 1. The van der Waals surface area contributed by atoms with Crippen LogP contribution in [-0.4, -0.2) is 40.6 Å². The van der Waals surface area contributed by atoms with Crippen molar-refractivity contribution in [3.05, 3.63) is 59.4 Å². The van der Waals surface area contributed by atoms with Crippen LogP contribution in [0.2, 0.25) is 5.02 Å². The lowest BCUT2D eigenvalue weighted by molar-refractivity contribution is -0.117. The predicted octanol–water partition coefficient (Wildman–Crippen LogP) is 2.17. The molecule has 0 aliphatic rings. The molecular formula is C16H18ClN3O2. The van der Waals surface area contributed by atoms with E-state index in [-0.39, 0.29) is 19.1 Å². The van der Waals surface area contributed by atoms with Crippen molar-refractivity contribution in [2.45, 2.75) is 6.54 Å². The predicted molar refractivity (Wildman–Crippen MR) is 86.7 cm³/mol. The van der Waals surface area contributed by atoms with E-state index in [0.29, 0.717) is 23.8 Å². The highest BCUT2D eigenvalue weighted by Gasteiger charge is 2.12. The van der Waals surface area contributed by atoms with E-state index in [1.165, 1.54) is 0 Å². The summed E-state index contributed by atoms with van der Waals surface area (Å²) in [7, 11) is 0. The van der Waals surface area contributed by atoms with Gasteiger partial charge >= 0.3 is 0 Å². The summed E-state index contributed by atoms with van der Waals surface area (Å²) in [4.78, 5) is 18.0. The number of anilines is 1. The Kier molecular flexibility index (Phi) is 6.33. The summed E-state index contributed by atoms with van der Waals surface area (Å²) < 4.78 is 0. The lowest BCUT2D eigenvalue weighted by Crippen LogP contribution is -2.34. The topological polar surface area (TPSA) is 65.5 Å². The first-order chi connectivity index (χ1) is 10.7. The summed E-state index contributed by atoms with van der Waals surface area (Å²) in [5.41, 5.74) is 1.57. The lowest BCUT2D eigenvalue weighted by Gasteiger charge is -2.20. The Hall–Kier alpha value is -1.95. The number of benzene rings is 1. The van der Waals surface area contributed by atoms with Crippen LogP contribution < -0.4 is 5.32 Å². The van der Waals surface area contributed by atoms with Gasteiger partial charge in [-0.25, -0.2) is 0 Å². The Morgan fingerprint density at radius 2 is 2.09 bits per heavy atom. The van der Waals surface area contributed by atoms with Gasteiger partial charge in [-0.15, -0.1) is 0 Å². The SMILES string of the molecule is O=C(CN(CCO)Cc1cccnc1)Nc1ccccc1Cl. The van der Waals surface area contributed by atoms with Gasteiger partial charge in [0, 0.05) is 25.5 Å². The molecule has 1 heterocycles. The van der Waals surface area contributed by atoms with Crippen LogP contribution >= 0.6 is 11.6 Å². The number of rotatable bonds is 7. The first-order valence-corrected chi connectivity index (χ1v) is 7.33. The minimum absolute atomic E-state index is 0.0143. The van der Waals surface area contributed by atoms with Gasteiger partial charge in [-0.3, -0.25) is 14.7 Å². The van der Waals surface area contributed by atoms with Crippen molar-refractivity contribution in [2.75, 3.05) is 25.0 Å². The van der Waals surface area contributed by atoms with E-state index in [9.17, 15) is 4.79 Å². The number of aliphatic hydroxyl groups excluding tert-OH is 1. The molecule has 0 saturated heterocycles. The molecule has 6 heteroatoms. The van der Waals surface area contributed by atoms with E-state index < -0.39 is 0 Å². The highest BCUT2D eigenvalue weighted by atomic mass is 35.5. The maximum absolute atomic E-state index is 12.1. The van der Waals surface area contributed by atoms with Crippen molar-refractivity contribution in [1.29, 1.82) is 0 Å². The molecule has 0 fully saturated rings. The number of hydrogen-bond acceptors (Lipinski definition) is 4. The van der Waals surface area contributed by atoms with Gasteiger partial charge in [-0.1, -0.05) is 29.8 Å². The molecule has 22 heavy (non-hydrogen) atoms. The van der Waals surface area contributed by atoms with Crippen molar-refractivity contribution < 1.29 is 9.90 Å².